The van der Waals surface area contributed by atoms with Gasteiger partial charge in [-0.05, 0) is 48.2 Å². The molecule has 1 aliphatic rings. The molecule has 170 valence electrons. The Balaban J connectivity index is 1.88. The Morgan fingerprint density at radius 3 is 2.29 bits per heavy atom. The van der Waals surface area contributed by atoms with Crippen LogP contribution in [0.2, 0.25) is 5.02 Å². The Labute approximate surface area is 187 Å². The Morgan fingerprint density at radius 1 is 1.00 bits per heavy atom. The Hall–Kier alpha value is -1.68. The van der Waals surface area contributed by atoms with Gasteiger partial charge in [-0.2, -0.15) is 0 Å². The van der Waals surface area contributed by atoms with Gasteiger partial charge in [0.15, 0.2) is 15.3 Å². The molecular weight excluding hydrogens is 444 g/mol. The molecule has 0 spiro atoms. The van der Waals surface area contributed by atoms with Crippen LogP contribution in [0.4, 0.5) is 0 Å². The maximum Gasteiger partial charge on any atom is 0.187 e. The predicted molar refractivity (Wildman–Crippen MR) is 117 cm³/mol. The fraction of sp³-hybridized carbons (Fsp3) is 0.455. The summed E-state index contributed by atoms with van der Waals surface area (Å²) in [5, 5.41) is 31.4. The minimum atomic E-state index is -3.82. The van der Waals surface area contributed by atoms with Gasteiger partial charge in [0.2, 0.25) is 0 Å². The SMILES string of the molecule is CCOc1ccc(Cc2cc([C@@H]3O[C@@H](S(=O)(=O)CC)[C@@H](O)[C@H](O)[C@H]3O)ccc2Cl)cc1. The predicted octanol–water partition coefficient (Wildman–Crippen LogP) is 2.24. The van der Waals surface area contributed by atoms with Crippen molar-refractivity contribution in [3.8, 4) is 5.75 Å². The summed E-state index contributed by atoms with van der Waals surface area (Å²) in [6.45, 7) is 3.91. The highest BCUT2D eigenvalue weighted by molar-refractivity contribution is 7.91. The highest BCUT2D eigenvalue weighted by Gasteiger charge is 2.49. The molecule has 3 rings (SSSR count). The normalized spacial score (nSPS) is 26.6. The summed E-state index contributed by atoms with van der Waals surface area (Å²) in [7, 11) is -3.82. The molecule has 0 saturated carbocycles. The summed E-state index contributed by atoms with van der Waals surface area (Å²) in [4.78, 5) is 0. The fourth-order valence-corrected chi connectivity index (χ4v) is 4.97. The molecule has 9 heteroatoms. The van der Waals surface area contributed by atoms with Crippen molar-refractivity contribution in [1.82, 2.24) is 0 Å². The minimum Gasteiger partial charge on any atom is -0.494 e. The number of hydrogen-bond acceptors (Lipinski definition) is 7. The second-order valence-electron chi connectivity index (χ2n) is 7.45. The fourth-order valence-electron chi connectivity index (χ4n) is 3.58. The molecular formula is C22H27ClO7S. The Bertz CT molecular complexity index is 993. The van der Waals surface area contributed by atoms with Crippen LogP contribution < -0.4 is 4.74 Å². The number of ether oxygens (including phenoxy) is 2. The van der Waals surface area contributed by atoms with Gasteiger partial charge in [0.05, 0.1) is 12.4 Å². The average molecular weight is 471 g/mol. The van der Waals surface area contributed by atoms with Crippen LogP contribution in [0.3, 0.4) is 0 Å². The molecule has 0 amide bonds. The maximum absolute atomic E-state index is 12.3. The molecule has 7 nitrogen and oxygen atoms in total. The van der Waals surface area contributed by atoms with Crippen LogP contribution in [0.25, 0.3) is 0 Å². The largest absolute Gasteiger partial charge is 0.494 e. The van der Waals surface area contributed by atoms with Gasteiger partial charge in [-0.3, -0.25) is 0 Å². The topological polar surface area (TPSA) is 113 Å². The number of halogens is 1. The Morgan fingerprint density at radius 2 is 1.68 bits per heavy atom. The summed E-state index contributed by atoms with van der Waals surface area (Å²) in [5.74, 6) is 0.494. The Kier molecular flexibility index (Phi) is 7.62. The van der Waals surface area contributed by atoms with E-state index >= 15 is 0 Å². The van der Waals surface area contributed by atoms with Gasteiger partial charge >= 0.3 is 0 Å². The monoisotopic (exact) mass is 470 g/mol. The third-order valence-electron chi connectivity index (χ3n) is 5.35. The van der Waals surface area contributed by atoms with Crippen LogP contribution in [0.1, 0.15) is 36.6 Å². The molecule has 2 aromatic carbocycles. The number of aliphatic hydroxyl groups excluding tert-OH is 3. The van der Waals surface area contributed by atoms with Gasteiger partial charge in [-0.15, -0.1) is 0 Å². The van der Waals surface area contributed by atoms with E-state index in [9.17, 15) is 23.7 Å². The molecule has 0 unspecified atom stereocenters. The number of hydrogen-bond donors (Lipinski definition) is 3. The molecule has 3 N–H and O–H groups in total. The zero-order valence-corrected chi connectivity index (χ0v) is 18.9. The van der Waals surface area contributed by atoms with E-state index in [-0.39, 0.29) is 5.75 Å². The summed E-state index contributed by atoms with van der Waals surface area (Å²) in [6, 6.07) is 12.5. The van der Waals surface area contributed by atoms with Gasteiger partial charge in [-0.1, -0.05) is 42.8 Å². The standard InChI is InChI=1S/C22H27ClO7S/c1-3-29-16-8-5-13(6-9-16)11-15-12-14(7-10-17(15)23)21-19(25)18(24)20(26)22(30-21)31(27,28)4-2/h5-10,12,18-22,24-26H,3-4,11H2,1-2H3/t18-,19-,20+,21+,22+/m1/s1. The van der Waals surface area contributed by atoms with E-state index in [1.807, 2.05) is 31.2 Å². The van der Waals surface area contributed by atoms with Crippen molar-refractivity contribution in [3.05, 3.63) is 64.2 Å². The first-order chi connectivity index (χ1) is 14.7. The first-order valence-electron chi connectivity index (χ1n) is 10.1. The molecule has 2 aromatic rings. The van der Waals surface area contributed by atoms with E-state index in [4.69, 9.17) is 21.1 Å². The van der Waals surface area contributed by atoms with E-state index in [1.165, 1.54) is 6.92 Å². The van der Waals surface area contributed by atoms with Crippen molar-refractivity contribution >= 4 is 21.4 Å². The lowest BCUT2D eigenvalue weighted by atomic mass is 9.92. The van der Waals surface area contributed by atoms with Crippen LogP contribution >= 0.6 is 11.6 Å². The minimum absolute atomic E-state index is 0.270. The van der Waals surface area contributed by atoms with Crippen molar-refractivity contribution in [2.24, 2.45) is 0 Å². The second-order valence-corrected chi connectivity index (χ2v) is 10.2. The first kappa shape index (κ1) is 24.0. The molecule has 1 saturated heterocycles. The van der Waals surface area contributed by atoms with Crippen LogP contribution in [0.15, 0.2) is 42.5 Å². The third-order valence-corrected chi connectivity index (χ3v) is 7.62. The number of rotatable bonds is 7. The van der Waals surface area contributed by atoms with E-state index in [0.29, 0.717) is 23.6 Å². The molecule has 0 aliphatic carbocycles. The molecule has 1 aliphatic heterocycles. The number of benzene rings is 2. The van der Waals surface area contributed by atoms with E-state index in [2.05, 4.69) is 0 Å². The van der Waals surface area contributed by atoms with Gasteiger partial charge in [0, 0.05) is 5.02 Å². The highest BCUT2D eigenvalue weighted by Crippen LogP contribution is 2.36. The van der Waals surface area contributed by atoms with E-state index < -0.39 is 39.7 Å². The highest BCUT2D eigenvalue weighted by atomic mass is 35.5. The summed E-state index contributed by atoms with van der Waals surface area (Å²) < 4.78 is 35.7. The van der Waals surface area contributed by atoms with Crippen molar-refractivity contribution in [1.29, 1.82) is 0 Å². The number of aliphatic hydroxyl groups is 3. The zero-order valence-electron chi connectivity index (χ0n) is 17.3. The van der Waals surface area contributed by atoms with Crippen LogP contribution in [-0.4, -0.2) is 59.8 Å². The quantitative estimate of drug-likeness (QED) is 0.568. The van der Waals surface area contributed by atoms with E-state index in [1.54, 1.807) is 18.2 Å². The van der Waals surface area contributed by atoms with Crippen molar-refractivity contribution < 1.29 is 33.2 Å². The van der Waals surface area contributed by atoms with Crippen LogP contribution in [0, 0.1) is 0 Å². The summed E-state index contributed by atoms with van der Waals surface area (Å²) in [6.07, 6.45) is -5.56. The smallest absolute Gasteiger partial charge is 0.187 e. The zero-order chi connectivity index (χ0) is 22.8. The average Bonchev–Trinajstić information content (AvgIpc) is 2.75. The maximum atomic E-state index is 12.3. The molecule has 0 radical (unpaired) electrons. The molecule has 0 aromatic heterocycles. The first-order valence-corrected chi connectivity index (χ1v) is 12.2. The van der Waals surface area contributed by atoms with Crippen molar-refractivity contribution in [2.45, 2.75) is 50.1 Å². The second kappa shape index (κ2) is 9.85. The summed E-state index contributed by atoms with van der Waals surface area (Å²) >= 11 is 6.36. The lowest BCUT2D eigenvalue weighted by molar-refractivity contribution is -0.202. The molecule has 5 atom stereocenters. The summed E-state index contributed by atoms with van der Waals surface area (Å²) in [5.41, 5.74) is 0.551. The third kappa shape index (κ3) is 5.22. The lowest BCUT2D eigenvalue weighted by Gasteiger charge is -2.40. The van der Waals surface area contributed by atoms with Gasteiger partial charge < -0.3 is 24.8 Å². The molecule has 0 bridgehead atoms. The molecule has 31 heavy (non-hydrogen) atoms. The van der Waals surface area contributed by atoms with Gasteiger partial charge in [0.1, 0.15) is 30.2 Å². The lowest BCUT2D eigenvalue weighted by Crippen LogP contribution is -2.56. The van der Waals surface area contributed by atoms with Crippen LogP contribution in [-0.2, 0) is 21.0 Å². The molecule has 1 heterocycles. The van der Waals surface area contributed by atoms with E-state index in [0.717, 1.165) is 16.9 Å². The van der Waals surface area contributed by atoms with Crippen molar-refractivity contribution in [3.63, 3.8) is 0 Å². The van der Waals surface area contributed by atoms with Gasteiger partial charge in [0.25, 0.3) is 0 Å². The van der Waals surface area contributed by atoms with Gasteiger partial charge in [-0.25, -0.2) is 8.42 Å². The molecule has 1 fully saturated rings. The number of sulfone groups is 1. The van der Waals surface area contributed by atoms with Crippen molar-refractivity contribution in [2.75, 3.05) is 12.4 Å². The van der Waals surface area contributed by atoms with Crippen LogP contribution in [0.5, 0.6) is 5.75 Å².